The lowest BCUT2D eigenvalue weighted by atomic mass is 9.84. The monoisotopic (exact) mass is 551 g/mol. The third-order valence-electron chi connectivity index (χ3n) is 6.97. The maximum atomic E-state index is 12.0. The highest BCUT2D eigenvalue weighted by Crippen LogP contribution is 2.30. The van der Waals surface area contributed by atoms with E-state index in [-0.39, 0.29) is 18.4 Å². The summed E-state index contributed by atoms with van der Waals surface area (Å²) in [6.45, 7) is 3.54. The van der Waals surface area contributed by atoms with E-state index in [1.807, 2.05) is 6.07 Å². The Morgan fingerprint density at radius 3 is 2.34 bits per heavy atom. The van der Waals surface area contributed by atoms with Gasteiger partial charge in [0.25, 0.3) is 10.2 Å². The molecule has 3 rings (SSSR count). The Morgan fingerprint density at radius 2 is 1.75 bits per heavy atom. The Hall–Kier alpha value is -0.380. The van der Waals surface area contributed by atoms with Crippen molar-refractivity contribution in [1.82, 2.24) is 13.9 Å². The summed E-state index contributed by atoms with van der Waals surface area (Å²) in [7, 11) is 1.56. The standard InChI is InChI=1S/C23H38BrN3O3S.ClH/c1-26(2)31(28,29)25-21-6-4-18(5-7-21)10-13-27-14-11-19(12-15-27)16-20-17-22(30-3)8-9-23(20)24;/h8-9,17-19,21,25H,4-7,10-16H2,1-3H3;1H. The van der Waals surface area contributed by atoms with Crippen LogP contribution < -0.4 is 9.46 Å². The molecule has 1 N–H and O–H groups in total. The van der Waals surface area contributed by atoms with E-state index in [1.54, 1.807) is 21.2 Å². The highest BCUT2D eigenvalue weighted by molar-refractivity contribution is 9.10. The fraction of sp³-hybridized carbons (Fsp3) is 0.739. The summed E-state index contributed by atoms with van der Waals surface area (Å²) < 4.78 is 34.7. The smallest absolute Gasteiger partial charge is 0.279 e. The number of hydrogen-bond acceptors (Lipinski definition) is 4. The van der Waals surface area contributed by atoms with Crippen molar-refractivity contribution in [2.75, 3.05) is 40.8 Å². The Kier molecular flexibility index (Phi) is 11.2. The number of piperidine rings is 1. The van der Waals surface area contributed by atoms with Crippen molar-refractivity contribution in [3.05, 3.63) is 28.2 Å². The van der Waals surface area contributed by atoms with E-state index in [2.05, 4.69) is 37.7 Å². The molecule has 1 heterocycles. The third-order valence-corrected chi connectivity index (χ3v) is 9.33. The molecule has 1 aromatic rings. The van der Waals surface area contributed by atoms with Gasteiger partial charge >= 0.3 is 0 Å². The molecule has 6 nitrogen and oxygen atoms in total. The SMILES string of the molecule is COc1ccc(Br)c(CC2CCN(CCC3CCC(NS(=O)(=O)N(C)C)CC3)CC2)c1.Cl. The Morgan fingerprint density at radius 1 is 1.09 bits per heavy atom. The van der Waals surface area contributed by atoms with Crippen LogP contribution in [0.15, 0.2) is 22.7 Å². The molecule has 1 aromatic carbocycles. The molecule has 0 spiro atoms. The molecule has 1 saturated carbocycles. The molecule has 2 fully saturated rings. The second-order valence-corrected chi connectivity index (χ2v) is 12.1. The van der Waals surface area contributed by atoms with Crippen LogP contribution in [-0.4, -0.2) is 64.5 Å². The van der Waals surface area contributed by atoms with Gasteiger partial charge in [-0.1, -0.05) is 15.9 Å². The van der Waals surface area contributed by atoms with E-state index in [1.165, 1.54) is 53.2 Å². The lowest BCUT2D eigenvalue weighted by molar-refractivity contribution is 0.164. The lowest BCUT2D eigenvalue weighted by Gasteiger charge is -2.34. The average Bonchev–Trinajstić information content (AvgIpc) is 2.75. The maximum Gasteiger partial charge on any atom is 0.279 e. The van der Waals surface area contributed by atoms with Crippen LogP contribution in [0.25, 0.3) is 0 Å². The molecule has 1 aliphatic heterocycles. The van der Waals surface area contributed by atoms with Gasteiger partial charge in [-0.15, -0.1) is 12.4 Å². The summed E-state index contributed by atoms with van der Waals surface area (Å²) in [4.78, 5) is 2.62. The van der Waals surface area contributed by atoms with Crippen LogP contribution in [0.2, 0.25) is 0 Å². The highest BCUT2D eigenvalue weighted by Gasteiger charge is 2.27. The van der Waals surface area contributed by atoms with Crippen LogP contribution in [0, 0.1) is 11.8 Å². The first-order valence-electron chi connectivity index (χ1n) is 11.5. The van der Waals surface area contributed by atoms with E-state index in [4.69, 9.17) is 4.74 Å². The summed E-state index contributed by atoms with van der Waals surface area (Å²) in [5, 5.41) is 0. The topological polar surface area (TPSA) is 61.9 Å². The zero-order chi connectivity index (χ0) is 22.4. The number of rotatable bonds is 9. The molecular formula is C23H39BrClN3O3S. The van der Waals surface area contributed by atoms with Gasteiger partial charge in [-0.25, -0.2) is 0 Å². The minimum atomic E-state index is -3.31. The van der Waals surface area contributed by atoms with E-state index in [0.29, 0.717) is 0 Å². The quantitative estimate of drug-likeness (QED) is 0.491. The number of nitrogens with one attached hydrogen (secondary N) is 1. The molecule has 0 aromatic heterocycles. The first-order chi connectivity index (χ1) is 14.8. The first kappa shape index (κ1) is 27.9. The molecule has 0 radical (unpaired) electrons. The number of methoxy groups -OCH3 is 1. The van der Waals surface area contributed by atoms with Crippen molar-refractivity contribution in [1.29, 1.82) is 0 Å². The second-order valence-electron chi connectivity index (χ2n) is 9.36. The predicted octanol–water partition coefficient (Wildman–Crippen LogP) is 4.48. The lowest BCUT2D eigenvalue weighted by Crippen LogP contribution is -2.43. The van der Waals surface area contributed by atoms with Crippen LogP contribution >= 0.6 is 28.3 Å². The molecule has 32 heavy (non-hydrogen) atoms. The number of ether oxygens (including phenoxy) is 1. The zero-order valence-electron chi connectivity index (χ0n) is 19.6. The van der Waals surface area contributed by atoms with E-state index >= 15 is 0 Å². The summed E-state index contributed by atoms with van der Waals surface area (Å²) >= 11 is 3.69. The van der Waals surface area contributed by atoms with Gasteiger partial charge in [0.05, 0.1) is 7.11 Å². The molecule has 1 saturated heterocycles. The molecule has 184 valence electrons. The van der Waals surface area contributed by atoms with Gasteiger partial charge in [0.1, 0.15) is 5.75 Å². The minimum Gasteiger partial charge on any atom is -0.497 e. The van der Waals surface area contributed by atoms with Crippen molar-refractivity contribution in [2.24, 2.45) is 11.8 Å². The normalized spacial score (nSPS) is 23.2. The maximum absolute atomic E-state index is 12.0. The molecular weight excluding hydrogens is 514 g/mol. The van der Waals surface area contributed by atoms with Crippen LogP contribution in [0.4, 0.5) is 0 Å². The summed E-state index contributed by atoms with van der Waals surface area (Å²) in [5.74, 6) is 2.39. The van der Waals surface area contributed by atoms with Gasteiger partial charge in [0.2, 0.25) is 0 Å². The van der Waals surface area contributed by atoms with E-state index in [0.717, 1.165) is 49.7 Å². The average molecular weight is 553 g/mol. The Bertz CT molecular complexity index is 809. The van der Waals surface area contributed by atoms with Gasteiger partial charge < -0.3 is 9.64 Å². The molecule has 1 aliphatic carbocycles. The fourth-order valence-corrected chi connectivity index (χ4v) is 6.09. The van der Waals surface area contributed by atoms with Crippen molar-refractivity contribution in [2.45, 2.75) is 57.4 Å². The highest BCUT2D eigenvalue weighted by atomic mass is 79.9. The Balaban J connectivity index is 0.00000363. The minimum absolute atomic E-state index is 0. The van der Waals surface area contributed by atoms with Crippen LogP contribution in [0.5, 0.6) is 5.75 Å². The molecule has 9 heteroatoms. The number of likely N-dealkylation sites (tertiary alicyclic amines) is 1. The number of hydrogen-bond donors (Lipinski definition) is 1. The zero-order valence-corrected chi connectivity index (χ0v) is 22.8. The van der Waals surface area contributed by atoms with Gasteiger partial charge in [-0.3, -0.25) is 0 Å². The van der Waals surface area contributed by atoms with E-state index in [9.17, 15) is 8.42 Å². The largest absolute Gasteiger partial charge is 0.497 e. The van der Waals surface area contributed by atoms with Crippen molar-refractivity contribution < 1.29 is 13.2 Å². The van der Waals surface area contributed by atoms with Crippen LogP contribution in [-0.2, 0) is 16.6 Å². The van der Waals surface area contributed by atoms with Crippen molar-refractivity contribution in [3.63, 3.8) is 0 Å². The third kappa shape index (κ3) is 8.13. The van der Waals surface area contributed by atoms with Gasteiger partial charge in [-0.2, -0.15) is 17.4 Å². The number of halogens is 2. The Labute approximate surface area is 209 Å². The first-order valence-corrected chi connectivity index (χ1v) is 13.7. The summed E-state index contributed by atoms with van der Waals surface area (Å²) in [6.07, 6.45) is 9.01. The van der Waals surface area contributed by atoms with Gasteiger partial charge in [-0.05, 0) is 107 Å². The number of benzene rings is 1. The van der Waals surface area contributed by atoms with Crippen molar-refractivity contribution in [3.8, 4) is 5.75 Å². The number of nitrogens with zero attached hydrogens (tertiary/aromatic N) is 2. The van der Waals surface area contributed by atoms with Crippen LogP contribution in [0.1, 0.15) is 50.5 Å². The summed E-state index contributed by atoms with van der Waals surface area (Å²) in [5.41, 5.74) is 1.35. The second kappa shape index (κ2) is 12.9. The molecule has 0 unspecified atom stereocenters. The molecule has 0 amide bonds. The molecule has 0 bridgehead atoms. The van der Waals surface area contributed by atoms with Crippen LogP contribution in [0.3, 0.4) is 0 Å². The fourth-order valence-electron chi connectivity index (χ4n) is 4.81. The van der Waals surface area contributed by atoms with Gasteiger partial charge in [0.15, 0.2) is 0 Å². The summed E-state index contributed by atoms with van der Waals surface area (Å²) in [6, 6.07) is 6.34. The predicted molar refractivity (Wildman–Crippen MR) is 137 cm³/mol. The van der Waals surface area contributed by atoms with Crippen molar-refractivity contribution >= 4 is 38.5 Å². The van der Waals surface area contributed by atoms with Gasteiger partial charge in [0, 0.05) is 24.6 Å². The molecule has 0 atom stereocenters. The molecule has 2 aliphatic rings. The van der Waals surface area contributed by atoms with E-state index < -0.39 is 10.2 Å².